The molecule has 5 aliphatic carbocycles. The molecule has 0 aromatic rings. The molecule has 3 saturated carbocycles. The largest absolute Gasteiger partial charge is 0.299 e. The number of hydrogen-bond donors (Lipinski definition) is 0. The second-order valence-electron chi connectivity index (χ2n) is 9.11. The Bertz CT molecular complexity index is 719. The normalized spacial score (nSPS) is 51.9. The number of fused-ring (bicyclic) bond motifs is 7. The van der Waals surface area contributed by atoms with Gasteiger partial charge in [0.25, 0.3) is 0 Å². The molecule has 5 rings (SSSR count). The highest BCUT2D eigenvalue weighted by Crippen LogP contribution is 2.70. The summed E-state index contributed by atoms with van der Waals surface area (Å²) >= 11 is 1.65. The van der Waals surface area contributed by atoms with Gasteiger partial charge in [0.2, 0.25) is 0 Å². The molecule has 0 radical (unpaired) electrons. The van der Waals surface area contributed by atoms with E-state index in [-0.39, 0.29) is 16.7 Å². The number of rotatable bonds is 1. The number of carbonyl (C=O) groups is 2. The van der Waals surface area contributed by atoms with Crippen molar-refractivity contribution < 1.29 is 9.59 Å². The lowest BCUT2D eigenvalue weighted by Gasteiger charge is -2.55. The number of Topliss-reactive ketones (excluding diaryl/α,β-unsaturated/α-hetero) is 2. The van der Waals surface area contributed by atoms with Crippen molar-refractivity contribution in [2.75, 3.05) is 6.26 Å². The van der Waals surface area contributed by atoms with Crippen LogP contribution in [-0.2, 0) is 9.59 Å². The maximum atomic E-state index is 12.7. The Morgan fingerprint density at radius 3 is 2.67 bits per heavy atom. The average Bonchev–Trinajstić information content (AvgIpc) is 3.31. The predicted octanol–water partition coefficient (Wildman–Crippen LogP) is 4.41. The standard InChI is InChI=1S/C21H26O2S/c1-20-9-8-14-11(13(20)6-7-17(20)22)4-5-15-19(24-3)18(23)12-10-16(12)21(14,15)2/h4-5,11-14,16H,6-10H2,1-3H3/t11-,12-,13-,14-,16?,20-,21+/m0/s1. The highest BCUT2D eigenvalue weighted by atomic mass is 32.2. The van der Waals surface area contributed by atoms with Crippen molar-refractivity contribution in [2.24, 2.45) is 40.4 Å². The highest BCUT2D eigenvalue weighted by Gasteiger charge is 2.66. The van der Waals surface area contributed by atoms with Gasteiger partial charge < -0.3 is 0 Å². The topological polar surface area (TPSA) is 34.1 Å². The van der Waals surface area contributed by atoms with E-state index < -0.39 is 0 Å². The quantitative estimate of drug-likeness (QED) is 0.708. The summed E-state index contributed by atoms with van der Waals surface area (Å²) in [6, 6.07) is 0. The van der Waals surface area contributed by atoms with Crippen LogP contribution in [0.3, 0.4) is 0 Å². The molecular weight excluding hydrogens is 316 g/mol. The molecule has 0 aromatic heterocycles. The van der Waals surface area contributed by atoms with Crippen molar-refractivity contribution >= 4 is 23.3 Å². The van der Waals surface area contributed by atoms with E-state index in [1.807, 2.05) is 0 Å². The molecule has 0 spiro atoms. The van der Waals surface area contributed by atoms with Gasteiger partial charge in [-0.1, -0.05) is 26.0 Å². The van der Waals surface area contributed by atoms with Gasteiger partial charge in [0, 0.05) is 23.2 Å². The fourth-order valence-corrected chi connectivity index (χ4v) is 7.84. The zero-order valence-electron chi connectivity index (χ0n) is 14.8. The lowest BCUT2D eigenvalue weighted by atomic mass is 9.49. The summed E-state index contributed by atoms with van der Waals surface area (Å²) in [7, 11) is 0. The molecule has 0 amide bonds. The summed E-state index contributed by atoms with van der Waals surface area (Å²) in [6.45, 7) is 4.67. The van der Waals surface area contributed by atoms with Crippen molar-refractivity contribution in [2.45, 2.75) is 46.0 Å². The fraction of sp³-hybridized carbons (Fsp3) is 0.714. The molecule has 0 N–H and O–H groups in total. The van der Waals surface area contributed by atoms with E-state index in [9.17, 15) is 9.59 Å². The highest BCUT2D eigenvalue weighted by molar-refractivity contribution is 8.03. The van der Waals surface area contributed by atoms with Gasteiger partial charge in [0.15, 0.2) is 5.78 Å². The minimum absolute atomic E-state index is 0.0845. The van der Waals surface area contributed by atoms with E-state index in [1.54, 1.807) is 11.8 Å². The molecule has 3 heteroatoms. The average molecular weight is 343 g/mol. The van der Waals surface area contributed by atoms with Gasteiger partial charge >= 0.3 is 0 Å². The summed E-state index contributed by atoms with van der Waals surface area (Å²) < 4.78 is 0. The summed E-state index contributed by atoms with van der Waals surface area (Å²) in [5.41, 5.74) is 1.40. The Labute approximate surface area is 148 Å². The fourth-order valence-electron chi connectivity index (χ4n) is 6.98. The third-order valence-electron chi connectivity index (χ3n) is 8.45. The minimum atomic E-state index is -0.0845. The molecule has 3 fully saturated rings. The maximum Gasteiger partial charge on any atom is 0.172 e. The van der Waals surface area contributed by atoms with Gasteiger partial charge in [-0.15, -0.1) is 11.8 Å². The van der Waals surface area contributed by atoms with Crippen molar-refractivity contribution in [3.8, 4) is 0 Å². The molecule has 0 aromatic carbocycles. The van der Waals surface area contributed by atoms with Gasteiger partial charge in [-0.05, 0) is 61.2 Å². The van der Waals surface area contributed by atoms with Gasteiger partial charge in [-0.25, -0.2) is 0 Å². The summed E-state index contributed by atoms with van der Waals surface area (Å²) in [5.74, 6) is 3.40. The Morgan fingerprint density at radius 1 is 1.12 bits per heavy atom. The van der Waals surface area contributed by atoms with Crippen molar-refractivity contribution in [3.63, 3.8) is 0 Å². The van der Waals surface area contributed by atoms with Crippen LogP contribution in [0, 0.1) is 40.4 Å². The molecule has 1 unspecified atom stereocenters. The van der Waals surface area contributed by atoms with Gasteiger partial charge in [0.1, 0.15) is 5.78 Å². The van der Waals surface area contributed by atoms with Crippen molar-refractivity contribution in [3.05, 3.63) is 22.6 Å². The molecule has 5 aliphatic rings. The molecule has 7 atom stereocenters. The molecular formula is C21H26O2S. The Kier molecular flexibility index (Phi) is 3.00. The van der Waals surface area contributed by atoms with Gasteiger partial charge in [-0.2, -0.15) is 0 Å². The molecule has 24 heavy (non-hydrogen) atoms. The zero-order chi connectivity index (χ0) is 16.9. The molecule has 0 heterocycles. The Hall–Kier alpha value is -0.830. The van der Waals surface area contributed by atoms with E-state index in [2.05, 4.69) is 32.3 Å². The third-order valence-corrected chi connectivity index (χ3v) is 9.28. The van der Waals surface area contributed by atoms with Crippen LogP contribution >= 0.6 is 11.8 Å². The lowest BCUT2D eigenvalue weighted by Crippen LogP contribution is -2.50. The third kappa shape index (κ3) is 1.61. The second-order valence-corrected chi connectivity index (χ2v) is 9.93. The van der Waals surface area contributed by atoms with Crippen LogP contribution in [0.15, 0.2) is 22.6 Å². The molecule has 2 nitrogen and oxygen atoms in total. The van der Waals surface area contributed by atoms with Crippen LogP contribution in [-0.4, -0.2) is 17.8 Å². The monoisotopic (exact) mass is 342 g/mol. The molecule has 128 valence electrons. The van der Waals surface area contributed by atoms with E-state index in [4.69, 9.17) is 0 Å². The summed E-state index contributed by atoms with van der Waals surface area (Å²) in [6.07, 6.45) is 11.8. The minimum Gasteiger partial charge on any atom is -0.299 e. The maximum absolute atomic E-state index is 12.7. The summed E-state index contributed by atoms with van der Waals surface area (Å²) in [5, 5.41) is 0. The second kappa shape index (κ2) is 4.66. The SMILES string of the molecule is CSC1=C2C=C[C@H]3[C@@H]4CCC(=O)[C@@]4(C)CC[C@@H]3[C@@]2(C)C2C[C@@H]2C1=O. The van der Waals surface area contributed by atoms with E-state index in [0.29, 0.717) is 35.2 Å². The van der Waals surface area contributed by atoms with Crippen LogP contribution in [0.1, 0.15) is 46.0 Å². The summed E-state index contributed by atoms with van der Waals surface area (Å²) in [4.78, 5) is 26.2. The van der Waals surface area contributed by atoms with E-state index >= 15 is 0 Å². The Morgan fingerprint density at radius 2 is 1.92 bits per heavy atom. The van der Waals surface area contributed by atoms with Crippen LogP contribution in [0.4, 0.5) is 0 Å². The number of carbonyl (C=O) groups excluding carboxylic acids is 2. The molecule has 0 saturated heterocycles. The Balaban J connectivity index is 1.64. The smallest absolute Gasteiger partial charge is 0.172 e. The first-order valence-electron chi connectivity index (χ1n) is 9.47. The number of ketones is 2. The predicted molar refractivity (Wildman–Crippen MR) is 96.4 cm³/mol. The van der Waals surface area contributed by atoms with Crippen LogP contribution in [0.2, 0.25) is 0 Å². The lowest BCUT2D eigenvalue weighted by molar-refractivity contribution is -0.130. The van der Waals surface area contributed by atoms with Crippen molar-refractivity contribution in [1.82, 2.24) is 0 Å². The molecule has 0 bridgehead atoms. The van der Waals surface area contributed by atoms with E-state index in [1.165, 1.54) is 5.57 Å². The number of allylic oxidation sites excluding steroid dienone is 4. The van der Waals surface area contributed by atoms with Crippen LogP contribution in [0.25, 0.3) is 0 Å². The van der Waals surface area contributed by atoms with Crippen LogP contribution in [0.5, 0.6) is 0 Å². The van der Waals surface area contributed by atoms with E-state index in [0.717, 1.165) is 37.0 Å². The number of thioether (sulfide) groups is 1. The molecule has 0 aliphatic heterocycles. The van der Waals surface area contributed by atoms with Crippen LogP contribution < -0.4 is 0 Å². The first kappa shape index (κ1) is 15.4. The number of hydrogen-bond acceptors (Lipinski definition) is 3. The van der Waals surface area contributed by atoms with Gasteiger partial charge in [0.05, 0.1) is 4.91 Å². The van der Waals surface area contributed by atoms with Gasteiger partial charge in [-0.3, -0.25) is 9.59 Å². The van der Waals surface area contributed by atoms with Crippen molar-refractivity contribution in [1.29, 1.82) is 0 Å². The first-order chi connectivity index (χ1) is 11.4. The first-order valence-corrected chi connectivity index (χ1v) is 10.7. The zero-order valence-corrected chi connectivity index (χ0v) is 15.6.